The van der Waals surface area contributed by atoms with Crippen LogP contribution in [0.1, 0.15) is 10.4 Å². The van der Waals surface area contributed by atoms with Crippen molar-refractivity contribution in [2.24, 2.45) is 0 Å². The van der Waals surface area contributed by atoms with E-state index in [0.717, 1.165) is 18.8 Å². The molecule has 30 heavy (non-hydrogen) atoms. The Hall–Kier alpha value is -3.38. The number of hydrogen-bond acceptors (Lipinski definition) is 4. The van der Waals surface area contributed by atoms with Gasteiger partial charge in [0.15, 0.2) is 5.65 Å². The van der Waals surface area contributed by atoms with E-state index in [1.165, 1.54) is 4.40 Å². The van der Waals surface area contributed by atoms with Crippen molar-refractivity contribution in [3.05, 3.63) is 87.8 Å². The van der Waals surface area contributed by atoms with Gasteiger partial charge in [-0.1, -0.05) is 23.7 Å². The fraction of sp³-hybridized carbons (Fsp3) is 0.174. The van der Waals surface area contributed by atoms with E-state index in [1.54, 1.807) is 30.5 Å². The largest absolute Gasteiger partial charge is 0.368 e. The smallest absolute Gasteiger partial charge is 0.265 e. The molecule has 0 bridgehead atoms. The maximum Gasteiger partial charge on any atom is 0.265 e. The highest BCUT2D eigenvalue weighted by atomic mass is 35.5. The number of amides is 1. The van der Waals surface area contributed by atoms with Crippen LogP contribution >= 0.6 is 11.6 Å². The Balaban J connectivity index is 1.44. The summed E-state index contributed by atoms with van der Waals surface area (Å²) < 4.78 is 1.46. The summed E-state index contributed by atoms with van der Waals surface area (Å²) in [5.74, 6) is -0.106. The lowest BCUT2D eigenvalue weighted by Crippen LogP contribution is -2.49. The summed E-state index contributed by atoms with van der Waals surface area (Å²) in [6.45, 7) is 2.66. The van der Waals surface area contributed by atoms with Gasteiger partial charge in [-0.25, -0.2) is 4.98 Å². The number of carbonyl (C=O) groups is 1. The molecule has 0 radical (unpaired) electrons. The van der Waals surface area contributed by atoms with Crippen LogP contribution in [0.25, 0.3) is 16.6 Å². The summed E-state index contributed by atoms with van der Waals surface area (Å²) in [5, 5.41) is 1.25. The van der Waals surface area contributed by atoms with Crippen LogP contribution in [-0.2, 0) is 0 Å². The number of carbonyl (C=O) groups excluding carboxylic acids is 1. The lowest BCUT2D eigenvalue weighted by atomic mass is 10.1. The second kappa shape index (κ2) is 7.46. The van der Waals surface area contributed by atoms with Gasteiger partial charge in [-0.3, -0.25) is 14.0 Å². The SMILES string of the molecule is O=C(c1cccn2c(=O)c3ccccc3nc12)N1CCN(c2ccc(Cl)cc2)CC1. The zero-order valence-electron chi connectivity index (χ0n) is 16.2. The average Bonchev–Trinajstić information content (AvgIpc) is 2.79. The number of anilines is 1. The van der Waals surface area contributed by atoms with Crippen molar-refractivity contribution < 1.29 is 4.79 Å². The van der Waals surface area contributed by atoms with E-state index in [0.29, 0.717) is 40.2 Å². The number of pyridine rings is 1. The second-order valence-electron chi connectivity index (χ2n) is 7.31. The van der Waals surface area contributed by atoms with Gasteiger partial charge < -0.3 is 9.80 Å². The van der Waals surface area contributed by atoms with Gasteiger partial charge >= 0.3 is 0 Å². The number of fused-ring (bicyclic) bond motifs is 2. The van der Waals surface area contributed by atoms with Crippen molar-refractivity contribution in [1.29, 1.82) is 0 Å². The third kappa shape index (κ3) is 3.19. The Morgan fingerprint density at radius 2 is 1.63 bits per heavy atom. The van der Waals surface area contributed by atoms with Gasteiger partial charge in [-0.05, 0) is 48.5 Å². The van der Waals surface area contributed by atoms with Crippen LogP contribution < -0.4 is 10.5 Å². The number of nitrogens with zero attached hydrogens (tertiary/aromatic N) is 4. The third-order valence-corrected chi connectivity index (χ3v) is 5.79. The Morgan fingerprint density at radius 3 is 2.40 bits per heavy atom. The molecule has 2 aromatic heterocycles. The van der Waals surface area contributed by atoms with E-state index in [1.807, 2.05) is 41.3 Å². The molecular formula is C23H19ClN4O2. The molecular weight excluding hydrogens is 400 g/mol. The first-order chi connectivity index (χ1) is 14.6. The van der Waals surface area contributed by atoms with E-state index < -0.39 is 0 Å². The molecule has 3 heterocycles. The van der Waals surface area contributed by atoms with Crippen LogP contribution in [0.15, 0.2) is 71.7 Å². The van der Waals surface area contributed by atoms with Gasteiger partial charge in [-0.2, -0.15) is 0 Å². The Bertz CT molecular complexity index is 1310. The highest BCUT2D eigenvalue weighted by molar-refractivity contribution is 6.30. The zero-order chi connectivity index (χ0) is 20.7. The number of piperazine rings is 1. The lowest BCUT2D eigenvalue weighted by Gasteiger charge is -2.36. The van der Waals surface area contributed by atoms with Gasteiger partial charge in [0, 0.05) is 43.1 Å². The first kappa shape index (κ1) is 18.6. The summed E-state index contributed by atoms with van der Waals surface area (Å²) in [7, 11) is 0. The zero-order valence-corrected chi connectivity index (χ0v) is 16.9. The predicted molar refractivity (Wildman–Crippen MR) is 119 cm³/mol. The predicted octanol–water partition coefficient (Wildman–Crippen LogP) is 3.46. The van der Waals surface area contributed by atoms with Crippen LogP contribution in [0.5, 0.6) is 0 Å². The summed E-state index contributed by atoms with van der Waals surface area (Å²) in [5.41, 5.74) is 2.36. The van der Waals surface area contributed by atoms with Crippen molar-refractivity contribution in [2.45, 2.75) is 0 Å². The molecule has 0 spiro atoms. The first-order valence-electron chi connectivity index (χ1n) is 9.82. The van der Waals surface area contributed by atoms with Crippen molar-refractivity contribution in [1.82, 2.24) is 14.3 Å². The number of para-hydroxylation sites is 1. The van der Waals surface area contributed by atoms with E-state index in [9.17, 15) is 9.59 Å². The molecule has 1 saturated heterocycles. The van der Waals surface area contributed by atoms with Crippen LogP contribution in [0.3, 0.4) is 0 Å². The molecule has 4 aromatic rings. The number of rotatable bonds is 2. The number of hydrogen-bond donors (Lipinski definition) is 0. The normalized spacial score (nSPS) is 14.4. The van der Waals surface area contributed by atoms with Crippen LogP contribution in [0.2, 0.25) is 5.02 Å². The maximum atomic E-state index is 13.3. The first-order valence-corrected chi connectivity index (χ1v) is 10.2. The Morgan fingerprint density at radius 1 is 0.900 bits per heavy atom. The molecule has 1 aliphatic rings. The summed E-state index contributed by atoms with van der Waals surface area (Å²) in [4.78, 5) is 34.8. The molecule has 6 nitrogen and oxygen atoms in total. The molecule has 0 aliphatic carbocycles. The molecule has 0 N–H and O–H groups in total. The molecule has 0 atom stereocenters. The molecule has 2 aromatic carbocycles. The van der Waals surface area contributed by atoms with Crippen molar-refractivity contribution in [3.63, 3.8) is 0 Å². The van der Waals surface area contributed by atoms with Gasteiger partial charge in [0.05, 0.1) is 16.5 Å². The van der Waals surface area contributed by atoms with Crippen molar-refractivity contribution in [2.75, 3.05) is 31.1 Å². The topological polar surface area (TPSA) is 57.9 Å². The minimum absolute atomic E-state index is 0.106. The molecule has 1 fully saturated rings. The van der Waals surface area contributed by atoms with Gasteiger partial charge in [0.1, 0.15) is 0 Å². The fourth-order valence-corrected chi connectivity index (χ4v) is 4.06. The minimum Gasteiger partial charge on any atom is -0.368 e. The third-order valence-electron chi connectivity index (χ3n) is 5.54. The molecule has 1 amide bonds. The summed E-state index contributed by atoms with van der Waals surface area (Å²) >= 11 is 5.98. The highest BCUT2D eigenvalue weighted by Gasteiger charge is 2.24. The second-order valence-corrected chi connectivity index (χ2v) is 7.74. The lowest BCUT2D eigenvalue weighted by molar-refractivity contribution is 0.0748. The minimum atomic E-state index is -0.169. The van der Waals surface area contributed by atoms with Crippen molar-refractivity contribution in [3.8, 4) is 0 Å². The van der Waals surface area contributed by atoms with E-state index >= 15 is 0 Å². The number of halogens is 1. The fourth-order valence-electron chi connectivity index (χ4n) is 3.93. The van der Waals surface area contributed by atoms with Crippen LogP contribution in [0, 0.1) is 0 Å². The maximum absolute atomic E-state index is 13.3. The van der Waals surface area contributed by atoms with Gasteiger partial charge in [0.25, 0.3) is 11.5 Å². The average molecular weight is 419 g/mol. The number of benzene rings is 2. The Kier molecular flexibility index (Phi) is 4.64. The van der Waals surface area contributed by atoms with E-state index in [-0.39, 0.29) is 11.5 Å². The van der Waals surface area contributed by atoms with E-state index in [4.69, 9.17) is 11.6 Å². The number of aromatic nitrogens is 2. The molecule has 0 unspecified atom stereocenters. The molecule has 150 valence electrons. The molecule has 7 heteroatoms. The quantitative estimate of drug-likeness (QED) is 0.468. The van der Waals surface area contributed by atoms with Gasteiger partial charge in [0.2, 0.25) is 0 Å². The van der Waals surface area contributed by atoms with Gasteiger partial charge in [-0.15, -0.1) is 0 Å². The van der Waals surface area contributed by atoms with Crippen molar-refractivity contribution >= 4 is 39.7 Å². The van der Waals surface area contributed by atoms with Crippen LogP contribution in [0.4, 0.5) is 5.69 Å². The molecule has 0 saturated carbocycles. The van der Waals surface area contributed by atoms with E-state index in [2.05, 4.69) is 9.88 Å². The Labute approximate surface area is 177 Å². The van der Waals surface area contributed by atoms with Crippen LogP contribution in [-0.4, -0.2) is 46.4 Å². The summed E-state index contributed by atoms with van der Waals surface area (Å²) in [6, 6.07) is 18.4. The highest BCUT2D eigenvalue weighted by Crippen LogP contribution is 2.21. The monoisotopic (exact) mass is 418 g/mol. The standard InChI is InChI=1S/C23H19ClN4O2/c24-16-7-9-17(10-8-16)26-12-14-27(15-13-26)22(29)19-5-3-11-28-21(19)25-20-6-2-1-4-18(20)23(28)30/h1-11H,12-15H2. The molecule has 5 rings (SSSR count). The summed E-state index contributed by atoms with van der Waals surface area (Å²) in [6.07, 6.45) is 1.66. The molecule has 1 aliphatic heterocycles.